The maximum Gasteiger partial charge on any atom is 0.197 e. The van der Waals surface area contributed by atoms with Gasteiger partial charge in [-0.2, -0.15) is 0 Å². The van der Waals surface area contributed by atoms with Gasteiger partial charge in [0.1, 0.15) is 10.0 Å². The molecule has 0 saturated carbocycles. The zero-order chi connectivity index (χ0) is 30.5. The first-order valence-corrected chi connectivity index (χ1v) is 15.6. The third-order valence-corrected chi connectivity index (χ3v) is 9.54. The summed E-state index contributed by atoms with van der Waals surface area (Å²) >= 11 is 3.17. The van der Waals surface area contributed by atoms with Crippen LogP contribution in [0.15, 0.2) is 121 Å². The van der Waals surface area contributed by atoms with Crippen LogP contribution in [0.1, 0.15) is 0 Å². The molecule has 44 heavy (non-hydrogen) atoms. The first-order chi connectivity index (χ1) is 21.7. The van der Waals surface area contributed by atoms with Crippen molar-refractivity contribution in [2.24, 2.45) is 0 Å². The highest BCUT2D eigenvalue weighted by Gasteiger charge is 2.33. The summed E-state index contributed by atoms with van der Waals surface area (Å²) in [4.78, 5) is 6.13. The molecule has 0 spiro atoms. The van der Waals surface area contributed by atoms with Gasteiger partial charge in [-0.3, -0.25) is 9.80 Å². The van der Waals surface area contributed by atoms with Gasteiger partial charge in [0.25, 0.3) is 0 Å². The molecule has 0 bridgehead atoms. The largest absolute Gasteiger partial charge is 0.491 e. The number of methoxy groups -OCH3 is 4. The van der Waals surface area contributed by atoms with Gasteiger partial charge < -0.3 is 18.9 Å². The molecular formula is C36H32N2O4S2. The van der Waals surface area contributed by atoms with Crippen LogP contribution in [-0.2, 0) is 0 Å². The van der Waals surface area contributed by atoms with Gasteiger partial charge in [-0.15, -0.1) is 22.7 Å². The van der Waals surface area contributed by atoms with Crippen molar-refractivity contribution in [1.82, 2.24) is 0 Å². The summed E-state index contributed by atoms with van der Waals surface area (Å²) in [7, 11) is 6.70. The van der Waals surface area contributed by atoms with E-state index in [0.29, 0.717) is 23.0 Å². The van der Waals surface area contributed by atoms with E-state index in [4.69, 9.17) is 18.9 Å². The van der Waals surface area contributed by atoms with E-state index in [-0.39, 0.29) is 0 Å². The Morgan fingerprint density at radius 1 is 0.364 bits per heavy atom. The minimum atomic E-state index is 0.629. The maximum absolute atomic E-state index is 6.09. The minimum Gasteiger partial charge on any atom is -0.491 e. The number of anilines is 6. The molecule has 2 heterocycles. The number of ether oxygens (including phenoxy) is 4. The lowest BCUT2D eigenvalue weighted by Crippen LogP contribution is -2.09. The number of para-hydroxylation sites is 4. The third-order valence-electron chi connectivity index (χ3n) is 7.10. The van der Waals surface area contributed by atoms with E-state index in [9.17, 15) is 0 Å². The Balaban J connectivity index is 1.59. The van der Waals surface area contributed by atoms with Gasteiger partial charge in [-0.1, -0.05) is 72.8 Å². The predicted octanol–water partition coefficient (Wildman–Crippen LogP) is 10.5. The van der Waals surface area contributed by atoms with Crippen LogP contribution < -0.4 is 28.7 Å². The summed E-state index contributed by atoms with van der Waals surface area (Å²) in [6.07, 6.45) is 0. The van der Waals surface area contributed by atoms with Gasteiger partial charge >= 0.3 is 0 Å². The SMILES string of the molecule is COc1c(-c2sc(N(c3ccccc3)c3ccccc3)c(OC)c2OC)sc(N(c2ccccc2)c2ccccc2)c1OC. The van der Waals surface area contributed by atoms with Crippen molar-refractivity contribution >= 4 is 55.4 Å². The molecule has 0 aliphatic carbocycles. The normalized spacial score (nSPS) is 10.7. The summed E-state index contributed by atoms with van der Waals surface area (Å²) < 4.78 is 24.3. The number of nitrogens with zero attached hydrogens (tertiary/aromatic N) is 2. The zero-order valence-corrected chi connectivity index (χ0v) is 26.5. The number of hydrogen-bond acceptors (Lipinski definition) is 8. The topological polar surface area (TPSA) is 43.4 Å². The Bertz CT molecular complexity index is 1590. The second-order valence-corrected chi connectivity index (χ2v) is 11.6. The summed E-state index contributed by atoms with van der Waals surface area (Å²) in [5.41, 5.74) is 4.01. The molecule has 6 nitrogen and oxygen atoms in total. The Hall–Kier alpha value is -4.92. The lowest BCUT2D eigenvalue weighted by atomic mass is 10.2. The average molecular weight is 621 g/mol. The second kappa shape index (κ2) is 13.2. The molecule has 222 valence electrons. The first-order valence-electron chi connectivity index (χ1n) is 14.0. The molecule has 0 amide bonds. The molecule has 6 aromatic rings. The molecule has 2 aromatic heterocycles. The average Bonchev–Trinajstić information content (AvgIpc) is 3.64. The Morgan fingerprint density at radius 2 is 0.614 bits per heavy atom. The van der Waals surface area contributed by atoms with E-state index in [0.717, 1.165) is 42.5 Å². The highest BCUT2D eigenvalue weighted by molar-refractivity contribution is 7.27. The van der Waals surface area contributed by atoms with Crippen LogP contribution in [0.4, 0.5) is 32.8 Å². The maximum atomic E-state index is 6.09. The van der Waals surface area contributed by atoms with Crippen LogP contribution in [0.5, 0.6) is 23.0 Å². The van der Waals surface area contributed by atoms with Crippen molar-refractivity contribution in [3.05, 3.63) is 121 Å². The van der Waals surface area contributed by atoms with Crippen molar-refractivity contribution in [2.45, 2.75) is 0 Å². The van der Waals surface area contributed by atoms with Gasteiger partial charge in [-0.25, -0.2) is 0 Å². The van der Waals surface area contributed by atoms with Gasteiger partial charge in [-0.05, 0) is 48.5 Å². The predicted molar refractivity (Wildman–Crippen MR) is 183 cm³/mol. The van der Waals surface area contributed by atoms with Crippen molar-refractivity contribution in [2.75, 3.05) is 38.2 Å². The van der Waals surface area contributed by atoms with Crippen LogP contribution in [0.3, 0.4) is 0 Å². The Morgan fingerprint density at radius 3 is 0.841 bits per heavy atom. The quantitative estimate of drug-likeness (QED) is 0.144. The number of rotatable bonds is 11. The molecule has 0 saturated heterocycles. The van der Waals surface area contributed by atoms with E-state index in [1.54, 1.807) is 51.1 Å². The molecule has 0 unspecified atom stereocenters. The molecule has 0 aliphatic heterocycles. The first kappa shape index (κ1) is 29.2. The molecule has 0 N–H and O–H groups in total. The molecule has 8 heteroatoms. The van der Waals surface area contributed by atoms with E-state index < -0.39 is 0 Å². The van der Waals surface area contributed by atoms with Gasteiger partial charge in [0.2, 0.25) is 0 Å². The molecular weight excluding hydrogens is 589 g/mol. The lowest BCUT2D eigenvalue weighted by Gasteiger charge is -2.24. The fourth-order valence-corrected chi connectivity index (χ4v) is 7.87. The molecule has 0 fully saturated rings. The molecule has 0 radical (unpaired) electrons. The van der Waals surface area contributed by atoms with Crippen LogP contribution in [0.2, 0.25) is 0 Å². The van der Waals surface area contributed by atoms with Gasteiger partial charge in [0, 0.05) is 22.7 Å². The fourth-order valence-electron chi connectivity index (χ4n) is 5.18. The zero-order valence-electron chi connectivity index (χ0n) is 24.9. The van der Waals surface area contributed by atoms with Crippen LogP contribution in [-0.4, -0.2) is 28.4 Å². The van der Waals surface area contributed by atoms with Crippen molar-refractivity contribution in [1.29, 1.82) is 0 Å². The van der Waals surface area contributed by atoms with Crippen LogP contribution >= 0.6 is 22.7 Å². The van der Waals surface area contributed by atoms with Gasteiger partial charge in [0.15, 0.2) is 23.0 Å². The van der Waals surface area contributed by atoms with Crippen LogP contribution in [0.25, 0.3) is 9.75 Å². The summed E-state index contributed by atoms with van der Waals surface area (Å²) in [5.74, 6) is 2.53. The standard InChI is InChI=1S/C36H32N2O4S2/c1-39-29-31(41-3)35(37(25-17-9-5-10-18-25)26-19-11-6-12-20-26)43-33(29)34-30(40-2)32(42-4)36(44-34)38(27-21-13-7-14-22-27)28-23-15-8-16-24-28/h5-24H,1-4H3. The van der Waals surface area contributed by atoms with E-state index in [2.05, 4.69) is 58.3 Å². The van der Waals surface area contributed by atoms with E-state index >= 15 is 0 Å². The highest BCUT2D eigenvalue weighted by atomic mass is 32.1. The van der Waals surface area contributed by atoms with E-state index in [1.807, 2.05) is 72.8 Å². The third kappa shape index (κ3) is 5.34. The molecule has 0 aliphatic rings. The molecule has 4 aromatic carbocycles. The highest BCUT2D eigenvalue weighted by Crippen LogP contribution is 2.63. The smallest absolute Gasteiger partial charge is 0.197 e. The lowest BCUT2D eigenvalue weighted by molar-refractivity contribution is 0.356. The summed E-state index contributed by atoms with van der Waals surface area (Å²) in [6, 6.07) is 41.0. The van der Waals surface area contributed by atoms with Crippen molar-refractivity contribution < 1.29 is 18.9 Å². The molecule has 0 atom stereocenters. The second-order valence-electron chi connectivity index (χ2n) is 9.62. The van der Waals surface area contributed by atoms with Crippen LogP contribution in [0, 0.1) is 0 Å². The summed E-state index contributed by atoms with van der Waals surface area (Å²) in [5, 5.41) is 1.77. The monoisotopic (exact) mass is 620 g/mol. The Labute approximate surface area is 265 Å². The van der Waals surface area contributed by atoms with Crippen molar-refractivity contribution in [3.8, 4) is 32.8 Å². The van der Waals surface area contributed by atoms with Crippen molar-refractivity contribution in [3.63, 3.8) is 0 Å². The van der Waals surface area contributed by atoms with E-state index in [1.165, 1.54) is 0 Å². The number of thiophene rings is 2. The molecule has 6 rings (SSSR count). The number of benzene rings is 4. The summed E-state index contributed by atoms with van der Waals surface area (Å²) in [6.45, 7) is 0. The number of hydrogen-bond donors (Lipinski definition) is 0. The fraction of sp³-hybridized carbons (Fsp3) is 0.111. The minimum absolute atomic E-state index is 0.629. The Kier molecular flexibility index (Phi) is 8.72. The van der Waals surface area contributed by atoms with Gasteiger partial charge in [0.05, 0.1) is 38.2 Å².